The van der Waals surface area contributed by atoms with Crippen LogP contribution >= 0.6 is 0 Å². The normalized spacial score (nSPS) is 15.0. The van der Waals surface area contributed by atoms with Crippen LogP contribution in [0.4, 0.5) is 5.69 Å². The number of hydrogen-bond donors (Lipinski definition) is 0. The lowest BCUT2D eigenvalue weighted by molar-refractivity contribution is 0.0762. The van der Waals surface area contributed by atoms with E-state index in [1.807, 2.05) is 29.2 Å². The topological polar surface area (TPSA) is 40.6 Å². The van der Waals surface area contributed by atoms with Crippen LogP contribution in [0, 0.1) is 0 Å². The van der Waals surface area contributed by atoms with Crippen molar-refractivity contribution in [2.45, 2.75) is 13.3 Å². The average Bonchev–Trinajstić information content (AvgIpc) is 2.88. The molecule has 0 unspecified atom stereocenters. The first-order valence-corrected chi connectivity index (χ1v) is 8.36. The van der Waals surface area contributed by atoms with Crippen LogP contribution in [0.1, 0.15) is 34.1 Å². The molecule has 2 aromatic rings. The molecule has 4 heteroatoms. The van der Waals surface area contributed by atoms with Crippen molar-refractivity contribution < 1.29 is 9.59 Å². The molecule has 4 nitrogen and oxygen atoms in total. The van der Waals surface area contributed by atoms with Crippen LogP contribution in [0.3, 0.4) is 0 Å². The molecular formula is C20H22N2O2. The van der Waals surface area contributed by atoms with Crippen molar-refractivity contribution in [2.75, 3.05) is 31.1 Å². The van der Waals surface area contributed by atoms with E-state index in [2.05, 4.69) is 17.0 Å². The summed E-state index contributed by atoms with van der Waals surface area (Å²) in [5.74, 6) is -0.115. The lowest BCUT2D eigenvalue weighted by atomic mass is 10.0. The predicted molar refractivity (Wildman–Crippen MR) is 95.6 cm³/mol. The average molecular weight is 322 g/mol. The summed E-state index contributed by atoms with van der Waals surface area (Å²) in [4.78, 5) is 28.8. The Balaban J connectivity index is 1.75. The molecule has 1 saturated heterocycles. The van der Waals surface area contributed by atoms with Gasteiger partial charge in [-0.15, -0.1) is 0 Å². The van der Waals surface area contributed by atoms with Crippen molar-refractivity contribution in [1.29, 1.82) is 0 Å². The van der Waals surface area contributed by atoms with E-state index < -0.39 is 0 Å². The first-order valence-electron chi connectivity index (χ1n) is 8.36. The molecule has 0 bridgehead atoms. The van der Waals surface area contributed by atoms with Gasteiger partial charge in [-0.05, 0) is 31.5 Å². The molecule has 0 saturated carbocycles. The molecule has 1 amide bonds. The molecule has 0 N–H and O–H groups in total. The number of ketones is 1. The van der Waals surface area contributed by atoms with Crippen LogP contribution < -0.4 is 4.90 Å². The lowest BCUT2D eigenvalue weighted by Crippen LogP contribution is -2.35. The van der Waals surface area contributed by atoms with Gasteiger partial charge in [0.25, 0.3) is 5.91 Å². The fourth-order valence-electron chi connectivity index (χ4n) is 3.16. The third-order valence-corrected chi connectivity index (χ3v) is 4.44. The van der Waals surface area contributed by atoms with Crippen molar-refractivity contribution in [3.8, 4) is 0 Å². The van der Waals surface area contributed by atoms with Crippen LogP contribution in [-0.2, 0) is 0 Å². The van der Waals surface area contributed by atoms with Crippen molar-refractivity contribution in [3.05, 3.63) is 65.7 Å². The molecule has 124 valence electrons. The van der Waals surface area contributed by atoms with Crippen LogP contribution in [0.5, 0.6) is 0 Å². The fourth-order valence-corrected chi connectivity index (χ4v) is 3.16. The van der Waals surface area contributed by atoms with Crippen LogP contribution in [-0.4, -0.2) is 42.8 Å². The Bertz CT molecular complexity index is 727. The summed E-state index contributed by atoms with van der Waals surface area (Å²) in [6, 6.07) is 17.4. The zero-order valence-corrected chi connectivity index (χ0v) is 13.9. The second kappa shape index (κ2) is 7.30. The minimum Gasteiger partial charge on any atom is -0.370 e. The summed E-state index contributed by atoms with van der Waals surface area (Å²) in [5.41, 5.74) is 2.21. The summed E-state index contributed by atoms with van der Waals surface area (Å²) in [7, 11) is 0. The van der Waals surface area contributed by atoms with E-state index in [0.29, 0.717) is 24.2 Å². The van der Waals surface area contributed by atoms with Gasteiger partial charge in [0.1, 0.15) is 0 Å². The molecule has 3 rings (SSSR count). The summed E-state index contributed by atoms with van der Waals surface area (Å²) < 4.78 is 0. The number of para-hydroxylation sites is 1. The van der Waals surface area contributed by atoms with Gasteiger partial charge in [-0.1, -0.05) is 36.4 Å². The lowest BCUT2D eigenvalue weighted by Gasteiger charge is -2.24. The van der Waals surface area contributed by atoms with Gasteiger partial charge < -0.3 is 9.80 Å². The standard InChI is InChI=1S/C20H22N2O2/c1-16(23)18-10-5-6-11-19(18)20(24)22-13-7-12-21(14-15-22)17-8-3-2-4-9-17/h2-6,8-11H,7,12-15H2,1H3. The SMILES string of the molecule is CC(=O)c1ccccc1C(=O)N1CCCN(c2ccccc2)CC1. The molecule has 0 aromatic heterocycles. The highest BCUT2D eigenvalue weighted by atomic mass is 16.2. The number of Topliss-reactive ketones (excluding diaryl/α,β-unsaturated/α-hetero) is 1. The highest BCUT2D eigenvalue weighted by Gasteiger charge is 2.23. The maximum atomic E-state index is 12.9. The number of hydrogen-bond acceptors (Lipinski definition) is 3. The monoisotopic (exact) mass is 322 g/mol. The first-order chi connectivity index (χ1) is 11.7. The van der Waals surface area contributed by atoms with Gasteiger partial charge in [-0.25, -0.2) is 0 Å². The minimum absolute atomic E-state index is 0.0456. The first kappa shape index (κ1) is 16.2. The third-order valence-electron chi connectivity index (χ3n) is 4.44. The Morgan fingerprint density at radius 3 is 2.17 bits per heavy atom. The number of amides is 1. The van der Waals surface area contributed by atoms with Crippen molar-refractivity contribution in [2.24, 2.45) is 0 Å². The molecule has 1 aliphatic heterocycles. The van der Waals surface area contributed by atoms with Gasteiger partial charge in [0.05, 0.1) is 5.56 Å². The number of anilines is 1. The van der Waals surface area contributed by atoms with Gasteiger partial charge in [0, 0.05) is 37.4 Å². The van der Waals surface area contributed by atoms with Crippen molar-refractivity contribution >= 4 is 17.4 Å². The number of carbonyl (C=O) groups excluding carboxylic acids is 2. The molecule has 1 heterocycles. The maximum absolute atomic E-state index is 12.9. The molecule has 0 radical (unpaired) electrons. The quantitative estimate of drug-likeness (QED) is 0.815. The minimum atomic E-state index is -0.0697. The van der Waals surface area contributed by atoms with Gasteiger partial charge >= 0.3 is 0 Å². The van der Waals surface area contributed by atoms with Crippen molar-refractivity contribution in [3.63, 3.8) is 0 Å². The van der Waals surface area contributed by atoms with Crippen LogP contribution in [0.2, 0.25) is 0 Å². The highest BCUT2D eigenvalue weighted by molar-refractivity contribution is 6.07. The van der Waals surface area contributed by atoms with Crippen LogP contribution in [0.15, 0.2) is 54.6 Å². The van der Waals surface area contributed by atoms with E-state index in [9.17, 15) is 9.59 Å². The van der Waals surface area contributed by atoms with E-state index in [0.717, 1.165) is 19.5 Å². The molecule has 24 heavy (non-hydrogen) atoms. The predicted octanol–water partition coefficient (Wildman–Crippen LogP) is 3.24. The zero-order valence-electron chi connectivity index (χ0n) is 13.9. The summed E-state index contributed by atoms with van der Waals surface area (Å²) in [6.45, 7) is 4.63. The molecule has 0 spiro atoms. The zero-order chi connectivity index (χ0) is 16.9. The number of benzene rings is 2. The molecule has 1 aliphatic rings. The van der Waals surface area contributed by atoms with E-state index >= 15 is 0 Å². The van der Waals surface area contributed by atoms with Gasteiger partial charge in [0.2, 0.25) is 0 Å². The van der Waals surface area contributed by atoms with E-state index in [4.69, 9.17) is 0 Å². The summed E-state index contributed by atoms with van der Waals surface area (Å²) >= 11 is 0. The maximum Gasteiger partial charge on any atom is 0.254 e. The summed E-state index contributed by atoms with van der Waals surface area (Å²) in [5, 5.41) is 0. The molecule has 2 aromatic carbocycles. The number of carbonyl (C=O) groups is 2. The highest BCUT2D eigenvalue weighted by Crippen LogP contribution is 2.18. The smallest absolute Gasteiger partial charge is 0.254 e. The third kappa shape index (κ3) is 3.48. The van der Waals surface area contributed by atoms with Gasteiger partial charge in [0.15, 0.2) is 5.78 Å². The molecule has 1 fully saturated rings. The second-order valence-corrected chi connectivity index (χ2v) is 6.07. The largest absolute Gasteiger partial charge is 0.370 e. The Labute approximate surface area is 142 Å². The van der Waals surface area contributed by atoms with E-state index in [1.54, 1.807) is 18.2 Å². The molecular weight excluding hydrogens is 300 g/mol. The van der Waals surface area contributed by atoms with Crippen LogP contribution in [0.25, 0.3) is 0 Å². The van der Waals surface area contributed by atoms with E-state index in [1.165, 1.54) is 12.6 Å². The fraction of sp³-hybridized carbons (Fsp3) is 0.300. The summed E-state index contributed by atoms with van der Waals surface area (Å²) in [6.07, 6.45) is 0.920. The van der Waals surface area contributed by atoms with Crippen molar-refractivity contribution in [1.82, 2.24) is 4.90 Å². The Hall–Kier alpha value is -2.62. The Morgan fingerprint density at radius 1 is 0.792 bits per heavy atom. The second-order valence-electron chi connectivity index (χ2n) is 6.07. The van der Waals surface area contributed by atoms with Gasteiger partial charge in [-0.3, -0.25) is 9.59 Å². The van der Waals surface area contributed by atoms with E-state index in [-0.39, 0.29) is 11.7 Å². The number of rotatable bonds is 3. The Kier molecular flexibility index (Phi) is 4.94. The number of nitrogens with zero attached hydrogens (tertiary/aromatic N) is 2. The Morgan fingerprint density at radius 2 is 1.46 bits per heavy atom. The molecule has 0 aliphatic carbocycles. The molecule has 0 atom stereocenters. The van der Waals surface area contributed by atoms with Gasteiger partial charge in [-0.2, -0.15) is 0 Å².